The Labute approximate surface area is 225 Å². The predicted molar refractivity (Wildman–Crippen MR) is 144 cm³/mol. The molecule has 37 heavy (non-hydrogen) atoms. The number of rotatable bonds is 10. The number of sulfonamides is 1. The fraction of sp³-hybridized carbons (Fsp3) is 0.231. The van der Waals surface area contributed by atoms with Gasteiger partial charge in [0.1, 0.15) is 18.4 Å². The first kappa shape index (κ1) is 28.4. The van der Waals surface area contributed by atoms with E-state index >= 15 is 0 Å². The van der Waals surface area contributed by atoms with Crippen molar-refractivity contribution in [2.75, 3.05) is 24.2 Å². The zero-order chi connectivity index (χ0) is 27.2. The molecule has 1 atom stereocenters. The van der Waals surface area contributed by atoms with Crippen LogP contribution in [-0.2, 0) is 32.6 Å². The Bertz CT molecular complexity index is 1370. The Morgan fingerprint density at radius 1 is 1.00 bits per heavy atom. The van der Waals surface area contributed by atoms with Crippen molar-refractivity contribution < 1.29 is 22.4 Å². The first-order valence-electron chi connectivity index (χ1n) is 11.2. The van der Waals surface area contributed by atoms with E-state index in [0.717, 1.165) is 16.1 Å². The molecule has 0 aliphatic rings. The summed E-state index contributed by atoms with van der Waals surface area (Å²) in [6, 6.07) is 18.1. The third kappa shape index (κ3) is 7.44. The maximum Gasteiger partial charge on any atom is 0.244 e. The van der Waals surface area contributed by atoms with Crippen molar-refractivity contribution in [3.63, 3.8) is 0 Å². The molecule has 0 radical (unpaired) electrons. The Hall–Kier alpha value is -3.14. The van der Waals surface area contributed by atoms with Gasteiger partial charge in [-0.1, -0.05) is 71.7 Å². The standard InChI is InChI=1S/C26H26Cl2FN3O4S/c1-30-26(34)24(14-18-8-4-3-5-9-18)31(16-19-10-6-7-11-22(19)29)25(33)17-32(37(2,35)36)23-13-12-20(27)15-21(23)28/h3-13,15,24H,14,16-17H2,1-2H3,(H,30,34)/t24-/m1/s1. The molecule has 3 rings (SSSR count). The third-order valence-corrected chi connectivity index (χ3v) is 7.34. The molecule has 0 aliphatic carbocycles. The molecule has 0 aliphatic heterocycles. The van der Waals surface area contributed by atoms with Gasteiger partial charge in [0.15, 0.2) is 0 Å². The van der Waals surface area contributed by atoms with E-state index in [-0.39, 0.29) is 34.3 Å². The summed E-state index contributed by atoms with van der Waals surface area (Å²) in [5.41, 5.74) is 0.990. The van der Waals surface area contributed by atoms with Crippen LogP contribution in [0.1, 0.15) is 11.1 Å². The lowest BCUT2D eigenvalue weighted by atomic mass is 10.0. The van der Waals surface area contributed by atoms with Crippen molar-refractivity contribution in [2.24, 2.45) is 0 Å². The van der Waals surface area contributed by atoms with E-state index in [0.29, 0.717) is 0 Å². The summed E-state index contributed by atoms with van der Waals surface area (Å²) < 4.78 is 40.9. The van der Waals surface area contributed by atoms with Gasteiger partial charge in [0.05, 0.1) is 17.0 Å². The van der Waals surface area contributed by atoms with Gasteiger partial charge in [-0.15, -0.1) is 0 Å². The van der Waals surface area contributed by atoms with Crippen molar-refractivity contribution in [2.45, 2.75) is 19.0 Å². The van der Waals surface area contributed by atoms with Crippen LogP contribution in [0.5, 0.6) is 0 Å². The zero-order valence-electron chi connectivity index (χ0n) is 20.2. The van der Waals surface area contributed by atoms with Gasteiger partial charge in [-0.2, -0.15) is 0 Å². The van der Waals surface area contributed by atoms with Gasteiger partial charge in [-0.3, -0.25) is 13.9 Å². The van der Waals surface area contributed by atoms with Gasteiger partial charge in [0.25, 0.3) is 0 Å². The normalized spacial score (nSPS) is 12.0. The number of nitrogens with one attached hydrogen (secondary N) is 1. The molecular weight excluding hydrogens is 540 g/mol. The van der Waals surface area contributed by atoms with Crippen LogP contribution in [0.3, 0.4) is 0 Å². The molecule has 0 aromatic heterocycles. The second kappa shape index (κ2) is 12.4. The molecule has 11 heteroatoms. The molecule has 196 valence electrons. The van der Waals surface area contributed by atoms with Crippen molar-refractivity contribution >= 4 is 50.7 Å². The lowest BCUT2D eigenvalue weighted by Gasteiger charge is -2.33. The van der Waals surface area contributed by atoms with E-state index in [1.165, 1.54) is 48.3 Å². The van der Waals surface area contributed by atoms with Crippen LogP contribution in [0.25, 0.3) is 0 Å². The largest absolute Gasteiger partial charge is 0.357 e. The number of carbonyl (C=O) groups excluding carboxylic acids is 2. The molecule has 0 spiro atoms. The van der Waals surface area contributed by atoms with E-state index in [2.05, 4.69) is 5.32 Å². The van der Waals surface area contributed by atoms with Crippen LogP contribution in [-0.4, -0.2) is 51.0 Å². The van der Waals surface area contributed by atoms with E-state index in [9.17, 15) is 22.4 Å². The molecule has 2 amide bonds. The highest BCUT2D eigenvalue weighted by atomic mass is 35.5. The Balaban J connectivity index is 2.06. The number of benzene rings is 3. The Morgan fingerprint density at radius 2 is 1.65 bits per heavy atom. The highest BCUT2D eigenvalue weighted by Crippen LogP contribution is 2.30. The second-order valence-corrected chi connectivity index (χ2v) is 11.0. The fourth-order valence-electron chi connectivity index (χ4n) is 3.81. The molecule has 0 fully saturated rings. The lowest BCUT2D eigenvalue weighted by Crippen LogP contribution is -2.53. The second-order valence-electron chi connectivity index (χ2n) is 8.30. The Kier molecular flexibility index (Phi) is 9.53. The quantitative estimate of drug-likeness (QED) is 0.397. The van der Waals surface area contributed by atoms with Gasteiger partial charge >= 0.3 is 0 Å². The first-order chi connectivity index (χ1) is 17.5. The SMILES string of the molecule is CNC(=O)[C@@H](Cc1ccccc1)N(Cc1ccccc1F)C(=O)CN(c1ccc(Cl)cc1Cl)S(C)(=O)=O. The van der Waals surface area contributed by atoms with Crippen molar-refractivity contribution in [3.8, 4) is 0 Å². The molecule has 3 aromatic carbocycles. The zero-order valence-corrected chi connectivity index (χ0v) is 22.5. The topological polar surface area (TPSA) is 86.8 Å². The maximum atomic E-state index is 14.6. The number of halogens is 3. The molecule has 0 saturated carbocycles. The first-order valence-corrected chi connectivity index (χ1v) is 13.8. The monoisotopic (exact) mass is 565 g/mol. The smallest absolute Gasteiger partial charge is 0.244 e. The molecule has 0 bridgehead atoms. The number of likely N-dealkylation sites (N-methyl/N-ethyl adjacent to an activating group) is 1. The molecule has 0 saturated heterocycles. The molecule has 0 heterocycles. The van der Waals surface area contributed by atoms with Crippen LogP contribution in [0, 0.1) is 5.82 Å². The molecule has 1 N–H and O–H groups in total. The van der Waals surface area contributed by atoms with Crippen LogP contribution in [0.15, 0.2) is 72.8 Å². The summed E-state index contributed by atoms with van der Waals surface area (Å²) in [6.07, 6.45) is 1.06. The molecule has 0 unspecified atom stereocenters. The maximum absolute atomic E-state index is 14.6. The average Bonchev–Trinajstić information content (AvgIpc) is 2.85. The predicted octanol–water partition coefficient (Wildman–Crippen LogP) is 4.28. The molecule has 3 aromatic rings. The van der Waals surface area contributed by atoms with Crippen molar-refractivity contribution in [1.29, 1.82) is 0 Å². The fourth-order valence-corrected chi connectivity index (χ4v) is 5.23. The summed E-state index contributed by atoms with van der Waals surface area (Å²) >= 11 is 12.2. The summed E-state index contributed by atoms with van der Waals surface area (Å²) in [6.45, 7) is -0.931. The Morgan fingerprint density at radius 3 is 2.24 bits per heavy atom. The molecular formula is C26H26Cl2FN3O4S. The lowest BCUT2D eigenvalue weighted by molar-refractivity contribution is -0.139. The van der Waals surface area contributed by atoms with Gasteiger partial charge < -0.3 is 10.2 Å². The molecule has 7 nitrogen and oxygen atoms in total. The van der Waals surface area contributed by atoms with Gasteiger partial charge in [0.2, 0.25) is 21.8 Å². The number of anilines is 1. The van der Waals surface area contributed by atoms with Crippen LogP contribution in [0.2, 0.25) is 10.0 Å². The number of nitrogens with zero attached hydrogens (tertiary/aromatic N) is 2. The van der Waals surface area contributed by atoms with E-state index in [1.54, 1.807) is 30.3 Å². The third-order valence-electron chi connectivity index (χ3n) is 5.67. The van der Waals surface area contributed by atoms with Gasteiger partial charge in [-0.25, -0.2) is 12.8 Å². The van der Waals surface area contributed by atoms with Crippen molar-refractivity contribution in [1.82, 2.24) is 10.2 Å². The minimum Gasteiger partial charge on any atom is -0.357 e. The minimum absolute atomic E-state index is 0.0264. The summed E-state index contributed by atoms with van der Waals surface area (Å²) in [4.78, 5) is 28.0. The number of amides is 2. The van der Waals surface area contributed by atoms with E-state index < -0.39 is 40.2 Å². The van der Waals surface area contributed by atoms with Crippen LogP contribution < -0.4 is 9.62 Å². The average molecular weight is 566 g/mol. The summed E-state index contributed by atoms with van der Waals surface area (Å²) in [5, 5.41) is 2.87. The number of hydrogen-bond donors (Lipinski definition) is 1. The van der Waals surface area contributed by atoms with E-state index in [1.807, 2.05) is 6.07 Å². The van der Waals surface area contributed by atoms with E-state index in [4.69, 9.17) is 23.2 Å². The van der Waals surface area contributed by atoms with Gasteiger partial charge in [0, 0.05) is 30.6 Å². The number of carbonyl (C=O) groups is 2. The minimum atomic E-state index is -3.99. The van der Waals surface area contributed by atoms with Gasteiger partial charge in [-0.05, 0) is 29.8 Å². The summed E-state index contributed by atoms with van der Waals surface area (Å²) in [7, 11) is -2.56. The highest BCUT2D eigenvalue weighted by molar-refractivity contribution is 7.92. The van der Waals surface area contributed by atoms with Crippen LogP contribution in [0.4, 0.5) is 10.1 Å². The highest BCUT2D eigenvalue weighted by Gasteiger charge is 2.33. The number of hydrogen-bond acceptors (Lipinski definition) is 4. The van der Waals surface area contributed by atoms with Crippen molar-refractivity contribution in [3.05, 3.63) is 99.8 Å². The van der Waals surface area contributed by atoms with Crippen LogP contribution >= 0.6 is 23.2 Å². The summed E-state index contributed by atoms with van der Waals surface area (Å²) in [5.74, 6) is -1.76.